The Hall–Kier alpha value is -2.82. The summed E-state index contributed by atoms with van der Waals surface area (Å²) in [6, 6.07) is 25.8. The molecular weight excluding hydrogens is 370 g/mol. The van der Waals surface area contributed by atoms with Crippen molar-refractivity contribution in [3.63, 3.8) is 0 Å². The molecule has 2 heterocycles. The van der Waals surface area contributed by atoms with Gasteiger partial charge in [-0.15, -0.1) is 0 Å². The van der Waals surface area contributed by atoms with Gasteiger partial charge in [-0.25, -0.2) is 0 Å². The van der Waals surface area contributed by atoms with Crippen molar-refractivity contribution < 1.29 is 5.11 Å². The van der Waals surface area contributed by atoms with Gasteiger partial charge < -0.3 is 14.6 Å². The van der Waals surface area contributed by atoms with E-state index >= 15 is 0 Å². The van der Waals surface area contributed by atoms with Crippen molar-refractivity contribution >= 4 is 27.5 Å². The largest absolute Gasteiger partial charge is 0.390 e. The molecule has 1 aliphatic heterocycles. The molecule has 1 saturated heterocycles. The Balaban J connectivity index is 1.26. The molecule has 5 rings (SSSR count). The Labute approximate surface area is 177 Å². The highest BCUT2D eigenvalue weighted by Gasteiger charge is 2.20. The number of aliphatic hydroxyl groups excluding tert-OH is 1. The molecule has 0 bridgehead atoms. The molecule has 1 aromatic heterocycles. The van der Waals surface area contributed by atoms with Crippen LogP contribution >= 0.6 is 0 Å². The third-order valence-electron chi connectivity index (χ3n) is 6.31. The molecule has 3 aromatic carbocycles. The molecule has 1 aliphatic rings. The zero-order valence-corrected chi connectivity index (χ0v) is 17.5. The van der Waals surface area contributed by atoms with Crippen LogP contribution in [0.3, 0.4) is 0 Å². The first-order valence-electron chi connectivity index (χ1n) is 10.9. The molecule has 0 spiro atoms. The van der Waals surface area contributed by atoms with E-state index < -0.39 is 6.10 Å². The van der Waals surface area contributed by atoms with Crippen molar-refractivity contribution in [2.45, 2.75) is 19.6 Å². The molecule has 1 atom stereocenters. The van der Waals surface area contributed by atoms with Crippen molar-refractivity contribution in [2.75, 3.05) is 37.6 Å². The van der Waals surface area contributed by atoms with Gasteiger partial charge in [-0.05, 0) is 31.2 Å². The fourth-order valence-corrected chi connectivity index (χ4v) is 4.71. The summed E-state index contributed by atoms with van der Waals surface area (Å²) in [7, 11) is 0. The number of aliphatic hydroxyl groups is 1. The number of hydrogen-bond acceptors (Lipinski definition) is 3. The van der Waals surface area contributed by atoms with Gasteiger partial charge in [0.25, 0.3) is 0 Å². The molecule has 154 valence electrons. The smallest absolute Gasteiger partial charge is 0.0845 e. The molecule has 1 fully saturated rings. The Kier molecular flexibility index (Phi) is 5.19. The zero-order chi connectivity index (χ0) is 20.5. The minimum atomic E-state index is -0.393. The number of hydrogen-bond donors (Lipinski definition) is 1. The summed E-state index contributed by atoms with van der Waals surface area (Å²) in [5, 5.41) is 13.4. The number of β-amino-alcohol motifs (C(OH)–C–C–N with tert-alkyl or cyclic N) is 1. The number of para-hydroxylation sites is 2. The maximum absolute atomic E-state index is 10.9. The van der Waals surface area contributed by atoms with E-state index in [0.717, 1.165) is 26.2 Å². The van der Waals surface area contributed by atoms with Gasteiger partial charge >= 0.3 is 0 Å². The van der Waals surface area contributed by atoms with Crippen LogP contribution in [0.4, 0.5) is 5.69 Å². The van der Waals surface area contributed by atoms with E-state index in [1.54, 1.807) is 0 Å². The molecule has 0 amide bonds. The van der Waals surface area contributed by atoms with Gasteiger partial charge in [-0.3, -0.25) is 4.90 Å². The summed E-state index contributed by atoms with van der Waals surface area (Å²) in [6.45, 7) is 7.43. The molecular formula is C26H29N3O. The number of anilines is 1. The van der Waals surface area contributed by atoms with Crippen LogP contribution in [0, 0.1) is 6.92 Å². The Bertz CT molecular complexity index is 1090. The van der Waals surface area contributed by atoms with Gasteiger partial charge in [0, 0.05) is 60.2 Å². The second-order valence-corrected chi connectivity index (χ2v) is 8.42. The first-order valence-corrected chi connectivity index (χ1v) is 10.9. The van der Waals surface area contributed by atoms with Crippen LogP contribution < -0.4 is 4.90 Å². The molecule has 4 aromatic rings. The minimum absolute atomic E-state index is 0.393. The number of rotatable bonds is 5. The number of aryl methyl sites for hydroxylation is 1. The summed E-state index contributed by atoms with van der Waals surface area (Å²) in [5.74, 6) is 0. The van der Waals surface area contributed by atoms with Gasteiger partial charge in [0.15, 0.2) is 0 Å². The lowest BCUT2D eigenvalue weighted by atomic mass is 10.2. The minimum Gasteiger partial charge on any atom is -0.390 e. The second kappa shape index (κ2) is 8.13. The van der Waals surface area contributed by atoms with Gasteiger partial charge in [-0.1, -0.05) is 54.1 Å². The fraction of sp³-hybridized carbons (Fsp3) is 0.308. The fourth-order valence-electron chi connectivity index (χ4n) is 4.71. The normalized spacial score (nSPS) is 16.4. The molecule has 4 nitrogen and oxygen atoms in total. The van der Waals surface area contributed by atoms with Crippen LogP contribution in [0.5, 0.6) is 0 Å². The highest BCUT2D eigenvalue weighted by molar-refractivity contribution is 6.07. The van der Waals surface area contributed by atoms with E-state index in [1.807, 2.05) is 0 Å². The molecule has 1 N–H and O–H groups in total. The van der Waals surface area contributed by atoms with Crippen molar-refractivity contribution in [3.8, 4) is 0 Å². The quantitative estimate of drug-likeness (QED) is 0.543. The van der Waals surface area contributed by atoms with E-state index in [-0.39, 0.29) is 0 Å². The van der Waals surface area contributed by atoms with Crippen LogP contribution in [-0.4, -0.2) is 53.4 Å². The number of piperazine rings is 1. The van der Waals surface area contributed by atoms with Gasteiger partial charge in [0.05, 0.1) is 12.6 Å². The third kappa shape index (κ3) is 3.69. The highest BCUT2D eigenvalue weighted by atomic mass is 16.3. The van der Waals surface area contributed by atoms with E-state index in [2.05, 4.69) is 94.1 Å². The molecule has 0 saturated carbocycles. The summed E-state index contributed by atoms with van der Waals surface area (Å²) < 4.78 is 2.28. The monoisotopic (exact) mass is 399 g/mol. The maximum atomic E-state index is 10.9. The number of aromatic nitrogens is 1. The van der Waals surface area contributed by atoms with Crippen molar-refractivity contribution in [1.29, 1.82) is 0 Å². The van der Waals surface area contributed by atoms with Crippen molar-refractivity contribution in [2.24, 2.45) is 0 Å². The van der Waals surface area contributed by atoms with E-state index in [4.69, 9.17) is 0 Å². The lowest BCUT2D eigenvalue weighted by Gasteiger charge is -2.37. The highest BCUT2D eigenvalue weighted by Crippen LogP contribution is 2.29. The first kappa shape index (κ1) is 19.2. The molecule has 30 heavy (non-hydrogen) atoms. The summed E-state index contributed by atoms with van der Waals surface area (Å²) in [4.78, 5) is 4.83. The number of fused-ring (bicyclic) bond motifs is 3. The molecule has 0 aliphatic carbocycles. The second-order valence-electron chi connectivity index (χ2n) is 8.42. The van der Waals surface area contributed by atoms with E-state index in [0.29, 0.717) is 13.1 Å². The van der Waals surface area contributed by atoms with Crippen LogP contribution in [0.25, 0.3) is 21.8 Å². The van der Waals surface area contributed by atoms with Crippen LogP contribution in [-0.2, 0) is 6.54 Å². The first-order chi connectivity index (χ1) is 14.7. The summed E-state index contributed by atoms with van der Waals surface area (Å²) in [6.07, 6.45) is -0.393. The van der Waals surface area contributed by atoms with E-state index in [1.165, 1.54) is 33.1 Å². The average molecular weight is 400 g/mol. The Morgan fingerprint density at radius 3 is 1.90 bits per heavy atom. The number of nitrogens with zero attached hydrogens (tertiary/aromatic N) is 3. The van der Waals surface area contributed by atoms with Crippen molar-refractivity contribution in [1.82, 2.24) is 9.47 Å². The topological polar surface area (TPSA) is 31.6 Å². The average Bonchev–Trinajstić information content (AvgIpc) is 3.09. The Morgan fingerprint density at radius 2 is 1.30 bits per heavy atom. The predicted molar refractivity (Wildman–Crippen MR) is 125 cm³/mol. The van der Waals surface area contributed by atoms with Crippen LogP contribution in [0.2, 0.25) is 0 Å². The van der Waals surface area contributed by atoms with Crippen LogP contribution in [0.15, 0.2) is 72.8 Å². The standard InChI is InChI=1S/C26H29N3O/c1-20-10-12-21(13-11-20)28-16-14-27(15-17-28)18-22(30)19-29-25-8-4-2-6-23(25)24-7-3-5-9-26(24)29/h2-13,22,30H,14-19H2,1H3/t22-/m1/s1. The summed E-state index contributed by atoms with van der Waals surface area (Å²) >= 11 is 0. The SMILES string of the molecule is Cc1ccc(N2CCN(C[C@@H](O)Cn3c4ccccc4c4ccccc43)CC2)cc1. The van der Waals surface area contributed by atoms with Crippen molar-refractivity contribution in [3.05, 3.63) is 78.4 Å². The molecule has 4 heteroatoms. The van der Waals surface area contributed by atoms with Crippen LogP contribution in [0.1, 0.15) is 5.56 Å². The zero-order valence-electron chi connectivity index (χ0n) is 17.5. The molecule has 0 radical (unpaired) electrons. The van der Waals surface area contributed by atoms with E-state index in [9.17, 15) is 5.11 Å². The number of benzene rings is 3. The van der Waals surface area contributed by atoms with Gasteiger partial charge in [0.2, 0.25) is 0 Å². The summed E-state index contributed by atoms with van der Waals surface area (Å²) in [5.41, 5.74) is 4.99. The lowest BCUT2D eigenvalue weighted by Crippen LogP contribution is -2.49. The molecule has 0 unspecified atom stereocenters. The third-order valence-corrected chi connectivity index (χ3v) is 6.31. The van der Waals surface area contributed by atoms with Gasteiger partial charge in [0.1, 0.15) is 0 Å². The lowest BCUT2D eigenvalue weighted by molar-refractivity contribution is 0.0969. The predicted octanol–water partition coefficient (Wildman–Crippen LogP) is 4.29. The maximum Gasteiger partial charge on any atom is 0.0845 e. The Morgan fingerprint density at radius 1 is 0.733 bits per heavy atom. The van der Waals surface area contributed by atoms with Gasteiger partial charge in [-0.2, -0.15) is 0 Å².